The standard InChI is InChI=1S/C16H27N3O.HI/c1-4-6-9-18-16(17)19-12-14-8-7-13(3)11-15(14)20-10-5-2;/h7-8,11H,4-6,9-10,12H2,1-3H3,(H3,17,18,19);1H. The predicted octanol–water partition coefficient (Wildman–Crippen LogP) is 3.61. The Kier molecular flexibility index (Phi) is 11.1. The zero-order valence-corrected chi connectivity index (χ0v) is 15.6. The van der Waals surface area contributed by atoms with Crippen LogP contribution in [0.15, 0.2) is 23.2 Å². The van der Waals surface area contributed by atoms with Crippen LogP contribution in [0.2, 0.25) is 0 Å². The molecule has 0 saturated heterocycles. The molecule has 0 unspecified atom stereocenters. The number of nitrogens with zero attached hydrogens (tertiary/aromatic N) is 1. The van der Waals surface area contributed by atoms with Crippen molar-refractivity contribution < 1.29 is 4.74 Å². The van der Waals surface area contributed by atoms with Crippen molar-refractivity contribution in [2.75, 3.05) is 13.2 Å². The number of nitrogens with two attached hydrogens (primary N) is 1. The molecule has 0 heterocycles. The molecule has 0 atom stereocenters. The summed E-state index contributed by atoms with van der Waals surface area (Å²) in [6.45, 7) is 8.46. The molecule has 0 fully saturated rings. The quantitative estimate of drug-likeness (QED) is 0.301. The van der Waals surface area contributed by atoms with Gasteiger partial charge < -0.3 is 15.8 Å². The number of hydrogen-bond acceptors (Lipinski definition) is 2. The summed E-state index contributed by atoms with van der Waals surface area (Å²) in [5.41, 5.74) is 8.11. The molecule has 3 N–H and O–H groups in total. The highest BCUT2D eigenvalue weighted by molar-refractivity contribution is 14.0. The van der Waals surface area contributed by atoms with Crippen LogP contribution >= 0.6 is 24.0 Å². The third-order valence-corrected chi connectivity index (χ3v) is 2.94. The molecule has 0 aliphatic heterocycles. The summed E-state index contributed by atoms with van der Waals surface area (Å²) in [6.07, 6.45) is 3.25. The first-order valence-corrected chi connectivity index (χ1v) is 7.43. The van der Waals surface area contributed by atoms with Crippen LogP contribution in [0.5, 0.6) is 5.75 Å². The minimum atomic E-state index is 0. The number of aliphatic imine (C=N–C) groups is 1. The largest absolute Gasteiger partial charge is 0.493 e. The molecule has 0 bridgehead atoms. The number of benzene rings is 1. The number of aryl methyl sites for hydroxylation is 1. The normalized spacial score (nSPS) is 10.9. The number of halogens is 1. The Balaban J connectivity index is 0.00000400. The van der Waals surface area contributed by atoms with Crippen LogP contribution < -0.4 is 15.8 Å². The van der Waals surface area contributed by atoms with E-state index in [0.717, 1.165) is 43.7 Å². The number of ether oxygens (including phenoxy) is 1. The van der Waals surface area contributed by atoms with Gasteiger partial charge in [-0.05, 0) is 31.4 Å². The lowest BCUT2D eigenvalue weighted by Gasteiger charge is -2.11. The lowest BCUT2D eigenvalue weighted by molar-refractivity contribution is 0.314. The third kappa shape index (κ3) is 8.14. The van der Waals surface area contributed by atoms with E-state index in [2.05, 4.69) is 49.3 Å². The van der Waals surface area contributed by atoms with Gasteiger partial charge in [0.15, 0.2) is 5.96 Å². The fourth-order valence-corrected chi connectivity index (χ4v) is 1.76. The maximum atomic E-state index is 5.84. The molecule has 0 aliphatic carbocycles. The predicted molar refractivity (Wildman–Crippen MR) is 101 cm³/mol. The smallest absolute Gasteiger partial charge is 0.188 e. The van der Waals surface area contributed by atoms with E-state index in [-0.39, 0.29) is 24.0 Å². The molecule has 0 aliphatic rings. The summed E-state index contributed by atoms with van der Waals surface area (Å²) in [6, 6.07) is 6.19. The molecule has 0 radical (unpaired) electrons. The van der Waals surface area contributed by atoms with Gasteiger partial charge in [0.25, 0.3) is 0 Å². The van der Waals surface area contributed by atoms with Crippen molar-refractivity contribution in [3.63, 3.8) is 0 Å². The Hall–Kier alpha value is -0.980. The molecular weight excluding hydrogens is 377 g/mol. The molecule has 1 aromatic rings. The minimum Gasteiger partial charge on any atom is -0.493 e. The van der Waals surface area contributed by atoms with E-state index in [1.54, 1.807) is 0 Å². The monoisotopic (exact) mass is 405 g/mol. The number of guanidine groups is 1. The Morgan fingerprint density at radius 2 is 2.05 bits per heavy atom. The minimum absolute atomic E-state index is 0. The fourth-order valence-electron chi connectivity index (χ4n) is 1.76. The topological polar surface area (TPSA) is 59.6 Å². The van der Waals surface area contributed by atoms with Crippen molar-refractivity contribution in [2.24, 2.45) is 10.7 Å². The van der Waals surface area contributed by atoms with Gasteiger partial charge in [0.1, 0.15) is 5.75 Å². The van der Waals surface area contributed by atoms with E-state index in [1.165, 1.54) is 5.56 Å². The van der Waals surface area contributed by atoms with E-state index in [9.17, 15) is 0 Å². The summed E-state index contributed by atoms with van der Waals surface area (Å²) < 4.78 is 5.77. The van der Waals surface area contributed by atoms with Crippen LogP contribution in [-0.4, -0.2) is 19.1 Å². The summed E-state index contributed by atoms with van der Waals surface area (Å²) >= 11 is 0. The Morgan fingerprint density at radius 3 is 2.71 bits per heavy atom. The molecule has 0 saturated carbocycles. The SMILES string of the molecule is CCCCNC(N)=NCc1ccc(C)cc1OCCC.I. The fraction of sp³-hybridized carbons (Fsp3) is 0.562. The highest BCUT2D eigenvalue weighted by Crippen LogP contribution is 2.21. The molecule has 1 aromatic carbocycles. The lowest BCUT2D eigenvalue weighted by atomic mass is 10.1. The molecule has 4 nitrogen and oxygen atoms in total. The van der Waals surface area contributed by atoms with Gasteiger partial charge in [0.05, 0.1) is 13.2 Å². The first-order valence-electron chi connectivity index (χ1n) is 7.43. The summed E-state index contributed by atoms with van der Waals surface area (Å²) in [7, 11) is 0. The maximum absolute atomic E-state index is 5.84. The van der Waals surface area contributed by atoms with Crippen LogP contribution in [0.4, 0.5) is 0 Å². The van der Waals surface area contributed by atoms with Crippen molar-refractivity contribution in [3.05, 3.63) is 29.3 Å². The van der Waals surface area contributed by atoms with Gasteiger partial charge >= 0.3 is 0 Å². The molecule has 0 spiro atoms. The van der Waals surface area contributed by atoms with Gasteiger partial charge in [-0.15, -0.1) is 24.0 Å². The summed E-state index contributed by atoms with van der Waals surface area (Å²) in [5.74, 6) is 1.41. The first kappa shape index (κ1) is 20.0. The van der Waals surface area contributed by atoms with Crippen LogP contribution in [0.3, 0.4) is 0 Å². The second kappa shape index (κ2) is 11.7. The van der Waals surface area contributed by atoms with Gasteiger partial charge in [-0.3, -0.25) is 0 Å². The number of nitrogens with one attached hydrogen (secondary N) is 1. The van der Waals surface area contributed by atoms with Crippen LogP contribution in [0.1, 0.15) is 44.2 Å². The van der Waals surface area contributed by atoms with Gasteiger partial charge in [-0.25, -0.2) is 4.99 Å². The molecule has 0 aromatic heterocycles. The van der Waals surface area contributed by atoms with E-state index in [1.807, 2.05) is 0 Å². The number of rotatable bonds is 8. The van der Waals surface area contributed by atoms with Crippen LogP contribution in [-0.2, 0) is 6.54 Å². The van der Waals surface area contributed by atoms with Gasteiger partial charge in [-0.2, -0.15) is 0 Å². The summed E-state index contributed by atoms with van der Waals surface area (Å²) in [4.78, 5) is 4.37. The average Bonchev–Trinajstić information content (AvgIpc) is 2.44. The highest BCUT2D eigenvalue weighted by atomic mass is 127. The molecule has 5 heteroatoms. The molecule has 1 rings (SSSR count). The van der Waals surface area contributed by atoms with Crippen LogP contribution in [0, 0.1) is 6.92 Å². The third-order valence-electron chi connectivity index (χ3n) is 2.94. The van der Waals surface area contributed by atoms with E-state index in [4.69, 9.17) is 10.5 Å². The number of hydrogen-bond donors (Lipinski definition) is 2. The van der Waals surface area contributed by atoms with Crippen molar-refractivity contribution in [1.82, 2.24) is 5.32 Å². The van der Waals surface area contributed by atoms with Crippen molar-refractivity contribution in [3.8, 4) is 5.75 Å². The van der Waals surface area contributed by atoms with Gasteiger partial charge in [0, 0.05) is 12.1 Å². The molecule has 21 heavy (non-hydrogen) atoms. The highest BCUT2D eigenvalue weighted by Gasteiger charge is 2.04. The first-order chi connectivity index (χ1) is 9.67. The Morgan fingerprint density at radius 1 is 1.29 bits per heavy atom. The molecule has 0 amide bonds. The van der Waals surface area contributed by atoms with Crippen molar-refractivity contribution in [1.29, 1.82) is 0 Å². The summed E-state index contributed by atoms with van der Waals surface area (Å²) in [5, 5.41) is 3.11. The molecular formula is C16H28IN3O. The van der Waals surface area contributed by atoms with Gasteiger partial charge in [-0.1, -0.05) is 32.4 Å². The zero-order valence-electron chi connectivity index (χ0n) is 13.3. The van der Waals surface area contributed by atoms with Crippen molar-refractivity contribution in [2.45, 2.75) is 46.6 Å². The maximum Gasteiger partial charge on any atom is 0.188 e. The van der Waals surface area contributed by atoms with E-state index < -0.39 is 0 Å². The van der Waals surface area contributed by atoms with Crippen LogP contribution in [0.25, 0.3) is 0 Å². The Bertz CT molecular complexity index is 436. The average molecular weight is 405 g/mol. The number of unbranched alkanes of at least 4 members (excludes halogenated alkanes) is 1. The Labute approximate surface area is 145 Å². The second-order valence-electron chi connectivity index (χ2n) is 4.94. The van der Waals surface area contributed by atoms with Crippen molar-refractivity contribution >= 4 is 29.9 Å². The van der Waals surface area contributed by atoms with E-state index >= 15 is 0 Å². The second-order valence-corrected chi connectivity index (χ2v) is 4.94. The lowest BCUT2D eigenvalue weighted by Crippen LogP contribution is -2.32. The van der Waals surface area contributed by atoms with E-state index in [0.29, 0.717) is 12.5 Å². The zero-order chi connectivity index (χ0) is 14.8. The molecule has 120 valence electrons. The van der Waals surface area contributed by atoms with Gasteiger partial charge in [0.2, 0.25) is 0 Å².